The molecule has 0 atom stereocenters. The second kappa shape index (κ2) is 7.67. The molecule has 0 unspecified atom stereocenters. The van der Waals surface area contributed by atoms with Crippen LogP contribution in [0.5, 0.6) is 0 Å². The average Bonchev–Trinajstić information content (AvgIpc) is 2.34. The molecule has 0 spiro atoms. The van der Waals surface area contributed by atoms with E-state index in [1.54, 1.807) is 0 Å². The van der Waals surface area contributed by atoms with Crippen molar-refractivity contribution in [2.75, 3.05) is 53.4 Å². The Hall–Kier alpha value is -0.610. The Bertz CT molecular complexity index is 225. The molecule has 0 radical (unpaired) electrons. The Kier molecular flexibility index (Phi) is 6.52. The highest BCUT2D eigenvalue weighted by Crippen LogP contribution is 2.02. The van der Waals surface area contributed by atoms with E-state index in [0.29, 0.717) is 6.42 Å². The summed E-state index contributed by atoms with van der Waals surface area (Å²) in [6, 6.07) is 0. The van der Waals surface area contributed by atoms with Gasteiger partial charge >= 0.3 is 0 Å². The van der Waals surface area contributed by atoms with E-state index in [2.05, 4.69) is 23.8 Å². The van der Waals surface area contributed by atoms with E-state index in [9.17, 15) is 4.79 Å². The van der Waals surface area contributed by atoms with Crippen molar-refractivity contribution in [2.45, 2.75) is 26.2 Å². The van der Waals surface area contributed by atoms with Crippen LogP contribution in [0.1, 0.15) is 26.2 Å². The first kappa shape index (κ1) is 14.5. The van der Waals surface area contributed by atoms with Crippen LogP contribution in [-0.2, 0) is 4.79 Å². The van der Waals surface area contributed by atoms with Crippen LogP contribution in [0, 0.1) is 0 Å². The van der Waals surface area contributed by atoms with Gasteiger partial charge in [0.25, 0.3) is 0 Å². The molecule has 1 rings (SSSR count). The standard InChI is InChI=1S/C13H27N3O/c1-4-5-7-15(3)13(17)6-8-16-11-9-14(2)10-12-16/h4-12H2,1-3H3. The van der Waals surface area contributed by atoms with Crippen molar-refractivity contribution in [3.05, 3.63) is 0 Å². The van der Waals surface area contributed by atoms with Crippen molar-refractivity contribution < 1.29 is 4.79 Å². The maximum atomic E-state index is 11.8. The lowest BCUT2D eigenvalue weighted by molar-refractivity contribution is -0.130. The van der Waals surface area contributed by atoms with Gasteiger partial charge in [0.2, 0.25) is 5.91 Å². The smallest absolute Gasteiger partial charge is 0.223 e. The molecule has 1 aliphatic rings. The number of nitrogens with zero attached hydrogens (tertiary/aromatic N) is 3. The van der Waals surface area contributed by atoms with Crippen LogP contribution in [0.15, 0.2) is 0 Å². The molecule has 17 heavy (non-hydrogen) atoms. The van der Waals surface area contributed by atoms with Gasteiger partial charge in [0.15, 0.2) is 0 Å². The molecule has 4 nitrogen and oxygen atoms in total. The number of unbranched alkanes of at least 4 members (excludes halogenated alkanes) is 1. The van der Waals surface area contributed by atoms with Crippen molar-refractivity contribution in [1.29, 1.82) is 0 Å². The molecule has 0 N–H and O–H groups in total. The molecule has 0 aliphatic carbocycles. The summed E-state index contributed by atoms with van der Waals surface area (Å²) >= 11 is 0. The van der Waals surface area contributed by atoms with E-state index >= 15 is 0 Å². The van der Waals surface area contributed by atoms with E-state index in [1.165, 1.54) is 0 Å². The average molecular weight is 241 g/mol. The van der Waals surface area contributed by atoms with Gasteiger partial charge in [-0.15, -0.1) is 0 Å². The van der Waals surface area contributed by atoms with Gasteiger partial charge < -0.3 is 14.7 Å². The monoisotopic (exact) mass is 241 g/mol. The summed E-state index contributed by atoms with van der Waals surface area (Å²) in [5.41, 5.74) is 0. The molecular weight excluding hydrogens is 214 g/mol. The minimum atomic E-state index is 0.289. The predicted molar refractivity (Wildman–Crippen MR) is 71.1 cm³/mol. The highest BCUT2D eigenvalue weighted by Gasteiger charge is 2.15. The van der Waals surface area contributed by atoms with Crippen molar-refractivity contribution in [3.8, 4) is 0 Å². The van der Waals surface area contributed by atoms with Gasteiger partial charge in [-0.1, -0.05) is 13.3 Å². The minimum Gasteiger partial charge on any atom is -0.346 e. The van der Waals surface area contributed by atoms with Crippen LogP contribution in [0.4, 0.5) is 0 Å². The minimum absolute atomic E-state index is 0.289. The van der Waals surface area contributed by atoms with Gasteiger partial charge in [-0.25, -0.2) is 0 Å². The van der Waals surface area contributed by atoms with Crippen LogP contribution in [0.3, 0.4) is 0 Å². The third-order valence-electron chi connectivity index (χ3n) is 3.51. The molecule has 1 fully saturated rings. The van der Waals surface area contributed by atoms with Crippen LogP contribution in [-0.4, -0.2) is 74.0 Å². The summed E-state index contributed by atoms with van der Waals surface area (Å²) in [6.07, 6.45) is 2.93. The van der Waals surface area contributed by atoms with Gasteiger partial charge in [-0.2, -0.15) is 0 Å². The first-order chi connectivity index (χ1) is 8.13. The van der Waals surface area contributed by atoms with Crippen LogP contribution < -0.4 is 0 Å². The molecule has 1 aliphatic heterocycles. The molecule has 0 aromatic heterocycles. The Labute approximate surface area is 106 Å². The van der Waals surface area contributed by atoms with Gasteiger partial charge in [-0.05, 0) is 13.5 Å². The largest absolute Gasteiger partial charge is 0.346 e. The Morgan fingerprint density at radius 3 is 2.47 bits per heavy atom. The van der Waals surface area contributed by atoms with Gasteiger partial charge in [0, 0.05) is 52.7 Å². The number of likely N-dealkylation sites (N-methyl/N-ethyl adjacent to an activating group) is 1. The van der Waals surface area contributed by atoms with E-state index in [-0.39, 0.29) is 5.91 Å². The lowest BCUT2D eigenvalue weighted by Crippen LogP contribution is -2.45. The molecule has 1 amide bonds. The zero-order valence-electron chi connectivity index (χ0n) is 11.6. The fourth-order valence-corrected chi connectivity index (χ4v) is 2.04. The van der Waals surface area contributed by atoms with Crippen molar-refractivity contribution in [1.82, 2.24) is 14.7 Å². The quantitative estimate of drug-likeness (QED) is 0.691. The number of hydrogen-bond acceptors (Lipinski definition) is 3. The zero-order valence-corrected chi connectivity index (χ0v) is 11.6. The normalized spacial score (nSPS) is 18.3. The van der Waals surface area contributed by atoms with E-state index in [1.807, 2.05) is 11.9 Å². The predicted octanol–water partition coefficient (Wildman–Crippen LogP) is 0.882. The summed E-state index contributed by atoms with van der Waals surface area (Å²) < 4.78 is 0. The first-order valence-electron chi connectivity index (χ1n) is 6.78. The molecule has 0 aromatic carbocycles. The molecule has 100 valence electrons. The number of rotatable bonds is 6. The molecule has 1 saturated heterocycles. The first-order valence-corrected chi connectivity index (χ1v) is 6.78. The Morgan fingerprint density at radius 2 is 1.88 bits per heavy atom. The Balaban J connectivity index is 2.14. The van der Waals surface area contributed by atoms with Crippen molar-refractivity contribution in [2.24, 2.45) is 0 Å². The molecule has 1 heterocycles. The van der Waals surface area contributed by atoms with Gasteiger partial charge in [0.05, 0.1) is 0 Å². The Morgan fingerprint density at radius 1 is 1.24 bits per heavy atom. The third kappa shape index (κ3) is 5.50. The molecule has 4 heteroatoms. The number of hydrogen-bond donors (Lipinski definition) is 0. The van der Waals surface area contributed by atoms with Crippen molar-refractivity contribution >= 4 is 5.91 Å². The number of amides is 1. The van der Waals surface area contributed by atoms with Crippen LogP contribution >= 0.6 is 0 Å². The third-order valence-corrected chi connectivity index (χ3v) is 3.51. The van der Waals surface area contributed by atoms with Gasteiger partial charge in [0.1, 0.15) is 0 Å². The van der Waals surface area contributed by atoms with Gasteiger partial charge in [-0.3, -0.25) is 4.79 Å². The van der Waals surface area contributed by atoms with Crippen molar-refractivity contribution in [3.63, 3.8) is 0 Å². The fourth-order valence-electron chi connectivity index (χ4n) is 2.04. The summed E-state index contributed by atoms with van der Waals surface area (Å²) in [7, 11) is 4.07. The van der Waals surface area contributed by atoms with Crippen LogP contribution in [0.25, 0.3) is 0 Å². The number of piperazine rings is 1. The zero-order chi connectivity index (χ0) is 12.7. The maximum absolute atomic E-state index is 11.8. The summed E-state index contributed by atoms with van der Waals surface area (Å²) in [5, 5.41) is 0. The molecule has 0 bridgehead atoms. The van der Waals surface area contributed by atoms with E-state index in [0.717, 1.165) is 52.1 Å². The highest BCUT2D eigenvalue weighted by atomic mass is 16.2. The SMILES string of the molecule is CCCCN(C)C(=O)CCN1CCN(C)CC1. The van der Waals surface area contributed by atoms with E-state index in [4.69, 9.17) is 0 Å². The molecule has 0 aromatic rings. The fraction of sp³-hybridized carbons (Fsp3) is 0.923. The maximum Gasteiger partial charge on any atom is 0.223 e. The number of carbonyl (C=O) groups excluding carboxylic acids is 1. The summed E-state index contributed by atoms with van der Waals surface area (Å²) in [5.74, 6) is 0.289. The second-order valence-electron chi connectivity index (χ2n) is 5.06. The van der Waals surface area contributed by atoms with E-state index < -0.39 is 0 Å². The highest BCUT2D eigenvalue weighted by molar-refractivity contribution is 5.76. The summed E-state index contributed by atoms with van der Waals surface area (Å²) in [4.78, 5) is 18.5. The summed E-state index contributed by atoms with van der Waals surface area (Å²) in [6.45, 7) is 8.42. The van der Waals surface area contributed by atoms with Crippen LogP contribution in [0.2, 0.25) is 0 Å². The number of carbonyl (C=O) groups is 1. The topological polar surface area (TPSA) is 26.8 Å². The lowest BCUT2D eigenvalue weighted by Gasteiger charge is -2.32. The lowest BCUT2D eigenvalue weighted by atomic mass is 10.2. The molecule has 0 saturated carbocycles. The second-order valence-corrected chi connectivity index (χ2v) is 5.06. The molecular formula is C13H27N3O.